The molecule has 4 rings (SSSR count). The van der Waals surface area contributed by atoms with E-state index in [4.69, 9.17) is 5.73 Å². The Morgan fingerprint density at radius 1 is 1.03 bits per heavy atom. The van der Waals surface area contributed by atoms with Crippen LogP contribution in [0.5, 0.6) is 0 Å². The normalized spacial score (nSPS) is 21.3. The second kappa shape index (κ2) is 8.38. The van der Waals surface area contributed by atoms with Crippen molar-refractivity contribution in [1.29, 1.82) is 0 Å². The number of piperazine rings is 1. The number of rotatable bonds is 4. The molecular weight excluding hydrogens is 376 g/mol. The first-order valence-electron chi connectivity index (χ1n) is 10.7. The SMILES string of the molecule is Cc1cccc(N2CCN(C(=O)CN3c4ccccc4[C@H](C(N)=O)C[C@H]3C)CC2)c1. The van der Waals surface area contributed by atoms with Crippen LogP contribution in [0.15, 0.2) is 48.5 Å². The quantitative estimate of drug-likeness (QED) is 0.847. The van der Waals surface area contributed by atoms with E-state index < -0.39 is 0 Å². The monoisotopic (exact) mass is 406 g/mol. The largest absolute Gasteiger partial charge is 0.369 e. The minimum absolute atomic E-state index is 0.0786. The Kier molecular flexibility index (Phi) is 5.66. The molecule has 30 heavy (non-hydrogen) atoms. The number of hydrogen-bond acceptors (Lipinski definition) is 4. The van der Waals surface area contributed by atoms with Crippen LogP contribution >= 0.6 is 0 Å². The molecule has 0 radical (unpaired) electrons. The molecule has 2 heterocycles. The molecule has 0 spiro atoms. The molecule has 0 aliphatic carbocycles. The summed E-state index contributed by atoms with van der Waals surface area (Å²) < 4.78 is 0. The lowest BCUT2D eigenvalue weighted by molar-refractivity contribution is -0.130. The lowest BCUT2D eigenvalue weighted by Gasteiger charge is -2.41. The lowest BCUT2D eigenvalue weighted by atomic mass is 9.85. The summed E-state index contributed by atoms with van der Waals surface area (Å²) in [4.78, 5) is 31.5. The van der Waals surface area contributed by atoms with E-state index in [0.29, 0.717) is 13.0 Å². The predicted molar refractivity (Wildman–Crippen MR) is 120 cm³/mol. The maximum absolute atomic E-state index is 13.1. The number of para-hydroxylation sites is 1. The summed E-state index contributed by atoms with van der Waals surface area (Å²) in [6, 6.07) is 16.4. The molecule has 158 valence electrons. The van der Waals surface area contributed by atoms with Gasteiger partial charge in [-0.1, -0.05) is 30.3 Å². The zero-order chi connectivity index (χ0) is 21.3. The van der Waals surface area contributed by atoms with Crippen molar-refractivity contribution in [2.45, 2.75) is 32.2 Å². The molecule has 6 heteroatoms. The fourth-order valence-electron chi connectivity index (χ4n) is 4.67. The van der Waals surface area contributed by atoms with Gasteiger partial charge in [0.05, 0.1) is 12.5 Å². The first kappa shape index (κ1) is 20.3. The highest BCUT2D eigenvalue weighted by Crippen LogP contribution is 2.38. The number of hydrogen-bond donors (Lipinski definition) is 1. The van der Waals surface area contributed by atoms with Gasteiger partial charge in [0.2, 0.25) is 11.8 Å². The van der Waals surface area contributed by atoms with Crippen LogP contribution in [0.2, 0.25) is 0 Å². The number of nitrogens with two attached hydrogens (primary N) is 1. The van der Waals surface area contributed by atoms with E-state index in [0.717, 1.165) is 37.4 Å². The van der Waals surface area contributed by atoms with E-state index in [1.807, 2.05) is 29.2 Å². The fourth-order valence-corrected chi connectivity index (χ4v) is 4.67. The molecule has 2 N–H and O–H groups in total. The van der Waals surface area contributed by atoms with Gasteiger partial charge in [-0.15, -0.1) is 0 Å². The van der Waals surface area contributed by atoms with Gasteiger partial charge in [-0.2, -0.15) is 0 Å². The summed E-state index contributed by atoms with van der Waals surface area (Å²) in [5.74, 6) is -0.453. The Morgan fingerprint density at radius 3 is 2.47 bits per heavy atom. The Balaban J connectivity index is 1.43. The van der Waals surface area contributed by atoms with Crippen LogP contribution < -0.4 is 15.5 Å². The Morgan fingerprint density at radius 2 is 1.77 bits per heavy atom. The molecule has 0 unspecified atom stereocenters. The van der Waals surface area contributed by atoms with Crippen molar-refractivity contribution in [3.8, 4) is 0 Å². The van der Waals surface area contributed by atoms with Gasteiger partial charge in [-0.3, -0.25) is 9.59 Å². The van der Waals surface area contributed by atoms with Gasteiger partial charge in [-0.25, -0.2) is 0 Å². The molecule has 2 aliphatic rings. The summed E-state index contributed by atoms with van der Waals surface area (Å²) in [5, 5.41) is 0. The van der Waals surface area contributed by atoms with Crippen molar-refractivity contribution in [1.82, 2.24) is 4.90 Å². The fraction of sp³-hybridized carbons (Fsp3) is 0.417. The first-order valence-corrected chi connectivity index (χ1v) is 10.7. The molecule has 2 aromatic rings. The molecule has 2 amide bonds. The maximum atomic E-state index is 13.1. The van der Waals surface area contributed by atoms with E-state index in [2.05, 4.69) is 47.9 Å². The zero-order valence-electron chi connectivity index (χ0n) is 17.8. The Hall–Kier alpha value is -3.02. The molecule has 0 aromatic heterocycles. The van der Waals surface area contributed by atoms with Crippen molar-refractivity contribution >= 4 is 23.2 Å². The molecule has 0 saturated carbocycles. The van der Waals surface area contributed by atoms with E-state index in [9.17, 15) is 9.59 Å². The number of primary amides is 1. The molecular formula is C24H30N4O2. The number of amides is 2. The van der Waals surface area contributed by atoms with Gasteiger partial charge in [0.25, 0.3) is 0 Å². The highest BCUT2D eigenvalue weighted by Gasteiger charge is 2.34. The van der Waals surface area contributed by atoms with Crippen LogP contribution in [0.4, 0.5) is 11.4 Å². The molecule has 6 nitrogen and oxygen atoms in total. The van der Waals surface area contributed by atoms with Gasteiger partial charge in [-0.05, 0) is 49.6 Å². The molecule has 2 aliphatic heterocycles. The summed E-state index contributed by atoms with van der Waals surface area (Å²) in [7, 11) is 0. The smallest absolute Gasteiger partial charge is 0.242 e. The van der Waals surface area contributed by atoms with Crippen molar-refractivity contribution in [2.75, 3.05) is 42.5 Å². The van der Waals surface area contributed by atoms with E-state index in [1.54, 1.807) is 0 Å². The van der Waals surface area contributed by atoms with Crippen LogP contribution in [0.1, 0.15) is 30.4 Å². The Bertz CT molecular complexity index is 936. The van der Waals surface area contributed by atoms with Crippen LogP contribution in [0, 0.1) is 6.92 Å². The third-order valence-electron chi connectivity index (χ3n) is 6.38. The maximum Gasteiger partial charge on any atom is 0.242 e. The number of carbonyl (C=O) groups excluding carboxylic acids is 2. The average Bonchev–Trinajstić information content (AvgIpc) is 2.75. The van der Waals surface area contributed by atoms with E-state index >= 15 is 0 Å². The van der Waals surface area contributed by atoms with Gasteiger partial charge in [0, 0.05) is 43.6 Å². The number of carbonyl (C=O) groups is 2. The number of aryl methyl sites for hydroxylation is 1. The third kappa shape index (κ3) is 3.99. The summed E-state index contributed by atoms with van der Waals surface area (Å²) >= 11 is 0. The summed E-state index contributed by atoms with van der Waals surface area (Å²) in [5.41, 5.74) is 9.99. The second-order valence-corrected chi connectivity index (χ2v) is 8.43. The molecule has 2 atom stereocenters. The number of benzene rings is 2. The number of anilines is 2. The highest BCUT2D eigenvalue weighted by molar-refractivity contribution is 5.87. The van der Waals surface area contributed by atoms with Gasteiger partial charge >= 0.3 is 0 Å². The van der Waals surface area contributed by atoms with Crippen LogP contribution in [-0.4, -0.2) is 55.5 Å². The van der Waals surface area contributed by atoms with Crippen molar-refractivity contribution in [3.63, 3.8) is 0 Å². The van der Waals surface area contributed by atoms with Gasteiger partial charge in [0.15, 0.2) is 0 Å². The molecule has 1 saturated heterocycles. The van der Waals surface area contributed by atoms with Gasteiger partial charge < -0.3 is 20.4 Å². The average molecular weight is 407 g/mol. The third-order valence-corrected chi connectivity index (χ3v) is 6.38. The minimum Gasteiger partial charge on any atom is -0.369 e. The second-order valence-electron chi connectivity index (χ2n) is 8.43. The number of nitrogens with zero attached hydrogens (tertiary/aromatic N) is 3. The van der Waals surface area contributed by atoms with Crippen LogP contribution in [-0.2, 0) is 9.59 Å². The summed E-state index contributed by atoms with van der Waals surface area (Å²) in [6.45, 7) is 7.61. The standard InChI is InChI=1S/C24H30N4O2/c1-17-6-5-7-19(14-17)26-10-12-27(13-11-26)23(29)16-28-18(2)15-21(24(25)30)20-8-3-4-9-22(20)28/h3-9,14,18,21H,10-13,15-16H2,1-2H3,(H2,25,30)/t18-,21-/m1/s1. The molecule has 2 aromatic carbocycles. The topological polar surface area (TPSA) is 69.9 Å². The Labute approximate surface area is 178 Å². The van der Waals surface area contributed by atoms with Crippen LogP contribution in [0.25, 0.3) is 0 Å². The van der Waals surface area contributed by atoms with E-state index in [1.165, 1.54) is 11.3 Å². The van der Waals surface area contributed by atoms with Crippen molar-refractivity contribution in [2.24, 2.45) is 5.73 Å². The zero-order valence-corrected chi connectivity index (χ0v) is 17.8. The van der Waals surface area contributed by atoms with Crippen molar-refractivity contribution < 1.29 is 9.59 Å². The number of fused-ring (bicyclic) bond motifs is 1. The summed E-state index contributed by atoms with van der Waals surface area (Å²) in [6.07, 6.45) is 0.640. The minimum atomic E-state index is -0.299. The van der Waals surface area contributed by atoms with E-state index in [-0.39, 0.29) is 23.8 Å². The highest BCUT2D eigenvalue weighted by atomic mass is 16.2. The lowest BCUT2D eigenvalue weighted by Crippen LogP contribution is -2.53. The predicted octanol–water partition coefficient (Wildman–Crippen LogP) is 2.51. The molecule has 0 bridgehead atoms. The van der Waals surface area contributed by atoms with Crippen molar-refractivity contribution in [3.05, 3.63) is 59.7 Å². The molecule has 1 fully saturated rings. The van der Waals surface area contributed by atoms with Gasteiger partial charge in [0.1, 0.15) is 0 Å². The van der Waals surface area contributed by atoms with Crippen LogP contribution in [0.3, 0.4) is 0 Å². The first-order chi connectivity index (χ1) is 14.4.